The van der Waals surface area contributed by atoms with E-state index in [1.807, 2.05) is 0 Å². The molecule has 0 spiro atoms. The van der Waals surface area contributed by atoms with Crippen LogP contribution in [0.1, 0.15) is 18.4 Å². The first-order valence-electron chi connectivity index (χ1n) is 9.18. The van der Waals surface area contributed by atoms with Crippen LogP contribution in [0.25, 0.3) is 0 Å². The number of carbonyl (C=O) groups excluding carboxylic acids is 2. The number of hydrogen-bond acceptors (Lipinski definition) is 4. The van der Waals surface area contributed by atoms with Gasteiger partial charge in [-0.05, 0) is 42.8 Å². The van der Waals surface area contributed by atoms with Gasteiger partial charge in [0.25, 0.3) is 0 Å². The van der Waals surface area contributed by atoms with E-state index in [9.17, 15) is 22.8 Å². The summed E-state index contributed by atoms with van der Waals surface area (Å²) >= 11 is 0. The molecule has 0 aliphatic carbocycles. The fourth-order valence-corrected chi connectivity index (χ4v) is 3.28. The quantitative estimate of drug-likeness (QED) is 0.728. The lowest BCUT2D eigenvalue weighted by Gasteiger charge is -2.26. The number of benzene rings is 2. The van der Waals surface area contributed by atoms with Crippen molar-refractivity contribution in [1.82, 2.24) is 4.90 Å². The van der Waals surface area contributed by atoms with Crippen LogP contribution in [0.4, 0.5) is 18.9 Å². The number of ether oxygens (including phenoxy) is 2. The van der Waals surface area contributed by atoms with Crippen molar-refractivity contribution in [2.45, 2.75) is 25.1 Å². The molecule has 2 aromatic rings. The van der Waals surface area contributed by atoms with Crippen molar-refractivity contribution in [2.24, 2.45) is 0 Å². The molecule has 0 bridgehead atoms. The van der Waals surface area contributed by atoms with Gasteiger partial charge in [0.05, 0.1) is 18.4 Å². The third-order valence-electron chi connectivity index (χ3n) is 5.04. The average Bonchev–Trinajstić information content (AvgIpc) is 3.05. The molecule has 1 aliphatic heterocycles. The third-order valence-corrected chi connectivity index (χ3v) is 5.04. The van der Waals surface area contributed by atoms with Gasteiger partial charge in [0, 0.05) is 26.6 Å². The molecular formula is C21H21F3N2O4. The second-order valence-electron chi connectivity index (χ2n) is 6.91. The smallest absolute Gasteiger partial charge is 0.416 e. The molecule has 1 atom stereocenters. The van der Waals surface area contributed by atoms with Gasteiger partial charge >= 0.3 is 6.18 Å². The Kier molecular flexibility index (Phi) is 5.91. The summed E-state index contributed by atoms with van der Waals surface area (Å²) in [6.45, 7) is 0. The molecule has 9 heteroatoms. The van der Waals surface area contributed by atoms with Crippen molar-refractivity contribution in [3.05, 3.63) is 48.0 Å². The largest absolute Gasteiger partial charge is 0.495 e. The number of hydrogen-bond donors (Lipinski definition) is 0. The van der Waals surface area contributed by atoms with Gasteiger partial charge < -0.3 is 19.3 Å². The van der Waals surface area contributed by atoms with E-state index >= 15 is 0 Å². The van der Waals surface area contributed by atoms with Crippen LogP contribution in [-0.2, 0) is 15.8 Å². The highest BCUT2D eigenvalue weighted by Gasteiger charge is 2.36. The molecule has 0 N–H and O–H groups in total. The van der Waals surface area contributed by atoms with Crippen LogP contribution in [-0.4, -0.2) is 44.0 Å². The molecule has 0 unspecified atom stereocenters. The maximum Gasteiger partial charge on any atom is 0.416 e. The zero-order valence-electron chi connectivity index (χ0n) is 16.7. The summed E-state index contributed by atoms with van der Waals surface area (Å²) in [6, 6.07) is 8.50. The molecule has 6 nitrogen and oxygen atoms in total. The fraction of sp³-hybridized carbons (Fsp3) is 0.333. The number of nitrogens with zero attached hydrogens (tertiary/aromatic N) is 2. The standard InChI is InChI=1S/C21H21F3N2O4/c1-25-16(9-11-19(25)27)20(28)26(2)17-12-15(8-10-18(17)29-3)30-14-6-4-13(5-7-14)21(22,23)24/h4-8,10,12,16H,9,11H2,1-3H3/t16-/m0/s1. The molecule has 1 heterocycles. The van der Waals surface area contributed by atoms with E-state index in [-0.39, 0.29) is 17.6 Å². The van der Waals surface area contributed by atoms with Gasteiger partial charge in [-0.2, -0.15) is 13.2 Å². The summed E-state index contributed by atoms with van der Waals surface area (Å²) in [5.74, 6) is 0.592. The zero-order valence-corrected chi connectivity index (χ0v) is 16.7. The van der Waals surface area contributed by atoms with E-state index in [0.29, 0.717) is 30.0 Å². The zero-order chi connectivity index (χ0) is 22.1. The second-order valence-corrected chi connectivity index (χ2v) is 6.91. The van der Waals surface area contributed by atoms with Gasteiger partial charge in [0.2, 0.25) is 11.8 Å². The van der Waals surface area contributed by atoms with Crippen LogP contribution in [0.5, 0.6) is 17.2 Å². The maximum absolute atomic E-state index is 12.9. The molecule has 30 heavy (non-hydrogen) atoms. The summed E-state index contributed by atoms with van der Waals surface area (Å²) in [6.07, 6.45) is -3.68. The number of amides is 2. The van der Waals surface area contributed by atoms with Crippen LogP contribution < -0.4 is 14.4 Å². The Balaban J connectivity index is 1.83. The van der Waals surface area contributed by atoms with Crippen molar-refractivity contribution in [1.29, 1.82) is 0 Å². The summed E-state index contributed by atoms with van der Waals surface area (Å²) in [5, 5.41) is 0. The number of carbonyl (C=O) groups is 2. The first kappa shape index (κ1) is 21.5. The summed E-state index contributed by atoms with van der Waals surface area (Å²) in [4.78, 5) is 27.5. The minimum atomic E-state index is -4.43. The number of anilines is 1. The number of likely N-dealkylation sites (tertiary alicyclic amines) is 1. The lowest BCUT2D eigenvalue weighted by Crippen LogP contribution is -2.43. The Morgan fingerprint density at radius 2 is 1.77 bits per heavy atom. The van der Waals surface area contributed by atoms with Gasteiger partial charge in [0.15, 0.2) is 0 Å². The Hall–Kier alpha value is -3.23. The van der Waals surface area contributed by atoms with Crippen molar-refractivity contribution in [2.75, 3.05) is 26.1 Å². The molecule has 0 saturated carbocycles. The fourth-order valence-electron chi connectivity index (χ4n) is 3.28. The first-order valence-corrected chi connectivity index (χ1v) is 9.18. The van der Waals surface area contributed by atoms with Gasteiger partial charge in [-0.15, -0.1) is 0 Å². The van der Waals surface area contributed by atoms with Gasteiger partial charge in [-0.25, -0.2) is 0 Å². The van der Waals surface area contributed by atoms with E-state index in [1.54, 1.807) is 32.3 Å². The monoisotopic (exact) mass is 422 g/mol. The summed E-state index contributed by atoms with van der Waals surface area (Å²) in [5.41, 5.74) is -0.356. The van der Waals surface area contributed by atoms with E-state index in [2.05, 4.69) is 0 Å². The Bertz CT molecular complexity index is 944. The van der Waals surface area contributed by atoms with Gasteiger partial charge in [0.1, 0.15) is 23.3 Å². The highest BCUT2D eigenvalue weighted by molar-refractivity contribution is 6.01. The molecule has 3 rings (SSSR count). The van der Waals surface area contributed by atoms with Crippen molar-refractivity contribution >= 4 is 17.5 Å². The normalized spacial score (nSPS) is 16.5. The van der Waals surface area contributed by atoms with Crippen molar-refractivity contribution in [3.8, 4) is 17.2 Å². The SMILES string of the molecule is COc1ccc(Oc2ccc(C(F)(F)F)cc2)cc1N(C)C(=O)[C@@H]1CCC(=O)N1C. The summed E-state index contributed by atoms with van der Waals surface area (Å²) in [7, 11) is 4.62. The highest BCUT2D eigenvalue weighted by atomic mass is 19.4. The van der Waals surface area contributed by atoms with E-state index in [4.69, 9.17) is 9.47 Å². The molecule has 0 radical (unpaired) electrons. The molecule has 1 fully saturated rings. The van der Waals surface area contributed by atoms with Crippen LogP contribution >= 0.6 is 0 Å². The Labute approximate surface area is 171 Å². The molecule has 1 aliphatic rings. The molecule has 1 saturated heterocycles. The Morgan fingerprint density at radius 3 is 2.30 bits per heavy atom. The predicted molar refractivity (Wildman–Crippen MR) is 104 cm³/mol. The van der Waals surface area contributed by atoms with E-state index in [0.717, 1.165) is 12.1 Å². The topological polar surface area (TPSA) is 59.1 Å². The number of halogens is 3. The average molecular weight is 422 g/mol. The van der Waals surface area contributed by atoms with Gasteiger partial charge in [-0.1, -0.05) is 0 Å². The minimum absolute atomic E-state index is 0.0897. The number of likely N-dealkylation sites (N-methyl/N-ethyl adjacent to an activating group) is 2. The van der Waals surface area contributed by atoms with Crippen LogP contribution in [0.3, 0.4) is 0 Å². The third kappa shape index (κ3) is 4.34. The molecule has 2 aromatic carbocycles. The maximum atomic E-state index is 12.9. The molecular weight excluding hydrogens is 401 g/mol. The van der Waals surface area contributed by atoms with E-state index < -0.39 is 17.8 Å². The van der Waals surface area contributed by atoms with Crippen molar-refractivity contribution in [3.63, 3.8) is 0 Å². The number of methoxy groups -OCH3 is 1. The lowest BCUT2D eigenvalue weighted by atomic mass is 10.1. The highest BCUT2D eigenvalue weighted by Crippen LogP contribution is 2.36. The minimum Gasteiger partial charge on any atom is -0.495 e. The Morgan fingerprint density at radius 1 is 1.13 bits per heavy atom. The second kappa shape index (κ2) is 8.25. The summed E-state index contributed by atoms with van der Waals surface area (Å²) < 4.78 is 49.1. The van der Waals surface area contributed by atoms with Gasteiger partial charge in [-0.3, -0.25) is 9.59 Å². The van der Waals surface area contributed by atoms with Crippen LogP contribution in [0.2, 0.25) is 0 Å². The molecule has 2 amide bonds. The van der Waals surface area contributed by atoms with E-state index in [1.165, 1.54) is 29.0 Å². The first-order chi connectivity index (χ1) is 14.1. The number of rotatable bonds is 5. The molecule has 0 aromatic heterocycles. The lowest BCUT2D eigenvalue weighted by molar-refractivity contribution is -0.137. The van der Waals surface area contributed by atoms with Crippen LogP contribution in [0, 0.1) is 0 Å². The number of alkyl halides is 3. The molecule has 160 valence electrons. The van der Waals surface area contributed by atoms with Crippen molar-refractivity contribution < 1.29 is 32.2 Å². The van der Waals surface area contributed by atoms with Crippen LogP contribution in [0.15, 0.2) is 42.5 Å². The predicted octanol–water partition coefficient (Wildman–Crippen LogP) is 4.09.